The highest BCUT2D eigenvalue weighted by Gasteiger charge is 2.36. The van der Waals surface area contributed by atoms with Crippen molar-refractivity contribution in [3.8, 4) is 5.69 Å². The van der Waals surface area contributed by atoms with Crippen molar-refractivity contribution < 1.29 is 4.79 Å². The zero-order valence-corrected chi connectivity index (χ0v) is 13.1. The molecule has 0 spiro atoms. The number of hydrogen-bond acceptors (Lipinski definition) is 4. The van der Waals surface area contributed by atoms with Crippen LogP contribution in [0.15, 0.2) is 36.7 Å². The van der Waals surface area contributed by atoms with Crippen molar-refractivity contribution in [1.82, 2.24) is 20.1 Å². The number of hydrogen-bond donors (Lipinski definition) is 2. The summed E-state index contributed by atoms with van der Waals surface area (Å²) in [6, 6.07) is 9.79. The molecule has 1 aromatic heterocycles. The Morgan fingerprint density at radius 1 is 1.27 bits per heavy atom. The molecule has 1 amide bonds. The molecule has 0 radical (unpaired) electrons. The maximum absolute atomic E-state index is 12.2. The zero-order valence-electron chi connectivity index (χ0n) is 12.2. The summed E-state index contributed by atoms with van der Waals surface area (Å²) in [5.41, 5.74) is 6.39. The van der Waals surface area contributed by atoms with Gasteiger partial charge in [0, 0.05) is 5.69 Å². The van der Waals surface area contributed by atoms with Crippen LogP contribution in [0.5, 0.6) is 0 Å². The first-order valence-electron chi connectivity index (χ1n) is 7.20. The average Bonchev–Trinajstić information content (AvgIpc) is 3.15. The first-order chi connectivity index (χ1) is 10.2. The van der Waals surface area contributed by atoms with Gasteiger partial charge in [-0.15, -0.1) is 22.6 Å². The third-order valence-corrected chi connectivity index (χ3v) is 4.01. The molecule has 3 N–H and O–H groups in total. The van der Waals surface area contributed by atoms with E-state index in [1.807, 2.05) is 34.9 Å². The van der Waals surface area contributed by atoms with Gasteiger partial charge in [0.05, 0.1) is 12.1 Å². The molecule has 118 valence electrons. The Labute approximate surface area is 135 Å². The maximum Gasteiger partial charge on any atom is 0.240 e. The van der Waals surface area contributed by atoms with Crippen LogP contribution in [0.2, 0.25) is 0 Å². The van der Waals surface area contributed by atoms with Gasteiger partial charge in [0.15, 0.2) is 5.82 Å². The van der Waals surface area contributed by atoms with Crippen molar-refractivity contribution >= 4 is 18.3 Å². The van der Waals surface area contributed by atoms with E-state index in [4.69, 9.17) is 5.73 Å². The molecule has 3 rings (SSSR count). The summed E-state index contributed by atoms with van der Waals surface area (Å²) in [4.78, 5) is 12.2. The van der Waals surface area contributed by atoms with Crippen LogP contribution < -0.4 is 11.1 Å². The van der Waals surface area contributed by atoms with E-state index in [1.54, 1.807) is 6.33 Å². The lowest BCUT2D eigenvalue weighted by molar-refractivity contribution is -0.126. The molecule has 1 heterocycles. The summed E-state index contributed by atoms with van der Waals surface area (Å²) in [5.74, 6) is 0.596. The van der Waals surface area contributed by atoms with E-state index in [2.05, 4.69) is 15.5 Å². The molecule has 0 unspecified atom stereocenters. The van der Waals surface area contributed by atoms with E-state index in [0.29, 0.717) is 12.4 Å². The van der Waals surface area contributed by atoms with Gasteiger partial charge in [-0.3, -0.25) is 9.36 Å². The maximum atomic E-state index is 12.2. The Hall–Kier alpha value is -1.92. The first-order valence-corrected chi connectivity index (χ1v) is 7.20. The largest absolute Gasteiger partial charge is 0.347 e. The van der Waals surface area contributed by atoms with Gasteiger partial charge >= 0.3 is 0 Å². The van der Waals surface area contributed by atoms with Crippen molar-refractivity contribution in [2.24, 2.45) is 5.73 Å². The van der Waals surface area contributed by atoms with Crippen LogP contribution in [0, 0.1) is 0 Å². The molecule has 0 saturated heterocycles. The van der Waals surface area contributed by atoms with Crippen molar-refractivity contribution in [3.05, 3.63) is 42.5 Å². The average molecular weight is 322 g/mol. The van der Waals surface area contributed by atoms with Crippen molar-refractivity contribution in [1.29, 1.82) is 0 Å². The predicted octanol–water partition coefficient (Wildman–Crippen LogP) is 1.58. The summed E-state index contributed by atoms with van der Waals surface area (Å²) in [7, 11) is 0. The van der Waals surface area contributed by atoms with Crippen molar-refractivity contribution in [2.75, 3.05) is 0 Å². The number of halogens is 1. The van der Waals surface area contributed by atoms with Crippen LogP contribution in [-0.4, -0.2) is 26.2 Å². The molecule has 1 aliphatic rings. The number of amides is 1. The second-order valence-electron chi connectivity index (χ2n) is 5.50. The lowest BCUT2D eigenvalue weighted by Crippen LogP contribution is -2.51. The highest BCUT2D eigenvalue weighted by molar-refractivity contribution is 5.86. The van der Waals surface area contributed by atoms with Gasteiger partial charge in [-0.05, 0) is 25.0 Å². The second kappa shape index (κ2) is 6.89. The van der Waals surface area contributed by atoms with E-state index in [9.17, 15) is 4.79 Å². The van der Waals surface area contributed by atoms with E-state index in [-0.39, 0.29) is 18.3 Å². The van der Waals surface area contributed by atoms with Crippen molar-refractivity contribution in [3.63, 3.8) is 0 Å². The second-order valence-corrected chi connectivity index (χ2v) is 5.50. The molecular formula is C15H20ClN5O. The van der Waals surface area contributed by atoms with Gasteiger partial charge in [-0.25, -0.2) is 0 Å². The number of nitrogens with zero attached hydrogens (tertiary/aromatic N) is 3. The van der Waals surface area contributed by atoms with Gasteiger partial charge in [-0.2, -0.15) is 0 Å². The minimum absolute atomic E-state index is 0. The number of aromatic nitrogens is 3. The van der Waals surface area contributed by atoms with Gasteiger partial charge < -0.3 is 11.1 Å². The van der Waals surface area contributed by atoms with Crippen LogP contribution in [0.4, 0.5) is 0 Å². The van der Waals surface area contributed by atoms with Crippen LogP contribution >= 0.6 is 12.4 Å². The number of nitrogens with two attached hydrogens (primary N) is 1. The highest BCUT2D eigenvalue weighted by atomic mass is 35.5. The molecule has 1 aromatic carbocycles. The van der Waals surface area contributed by atoms with E-state index >= 15 is 0 Å². The smallest absolute Gasteiger partial charge is 0.240 e. The third-order valence-electron chi connectivity index (χ3n) is 4.01. The van der Waals surface area contributed by atoms with Crippen LogP contribution in [0.25, 0.3) is 5.69 Å². The van der Waals surface area contributed by atoms with Crippen molar-refractivity contribution in [2.45, 2.75) is 37.8 Å². The Balaban J connectivity index is 0.00000176. The fourth-order valence-electron chi connectivity index (χ4n) is 2.75. The van der Waals surface area contributed by atoms with Crippen LogP contribution in [0.1, 0.15) is 31.5 Å². The van der Waals surface area contributed by atoms with E-state index in [0.717, 1.165) is 31.4 Å². The minimum Gasteiger partial charge on any atom is -0.347 e. The minimum atomic E-state index is -0.711. The number of nitrogens with one attached hydrogen (secondary N) is 1. The fraction of sp³-hybridized carbons (Fsp3) is 0.400. The molecule has 0 bridgehead atoms. The van der Waals surface area contributed by atoms with Gasteiger partial charge in [0.1, 0.15) is 6.33 Å². The molecule has 1 aliphatic carbocycles. The molecular weight excluding hydrogens is 302 g/mol. The standard InChI is InChI=1S/C15H19N5O.ClH/c16-15(8-4-5-9-15)14(21)17-10-13-19-18-11-20(13)12-6-2-1-3-7-12;/h1-3,6-7,11H,4-5,8-10,16H2,(H,17,21);1H. The summed E-state index contributed by atoms with van der Waals surface area (Å²) < 4.78 is 1.86. The fourth-order valence-corrected chi connectivity index (χ4v) is 2.75. The Morgan fingerprint density at radius 2 is 1.95 bits per heavy atom. The van der Waals surface area contributed by atoms with Gasteiger partial charge in [0.25, 0.3) is 0 Å². The normalized spacial score (nSPS) is 16.0. The predicted molar refractivity (Wildman–Crippen MR) is 85.8 cm³/mol. The first kappa shape index (κ1) is 16.5. The topological polar surface area (TPSA) is 85.8 Å². The van der Waals surface area contributed by atoms with Crippen LogP contribution in [0.3, 0.4) is 0 Å². The van der Waals surface area contributed by atoms with Gasteiger partial charge in [-0.1, -0.05) is 31.0 Å². The molecule has 0 atom stereocenters. The molecule has 6 nitrogen and oxygen atoms in total. The summed E-state index contributed by atoms with van der Waals surface area (Å²) in [5, 5.41) is 10.9. The Bertz CT molecular complexity index is 622. The number of carbonyl (C=O) groups is 1. The lowest BCUT2D eigenvalue weighted by atomic mass is 9.98. The molecule has 1 fully saturated rings. The Morgan fingerprint density at radius 3 is 2.64 bits per heavy atom. The molecule has 7 heteroatoms. The highest BCUT2D eigenvalue weighted by Crippen LogP contribution is 2.27. The molecule has 0 aliphatic heterocycles. The van der Waals surface area contributed by atoms with E-state index < -0.39 is 5.54 Å². The SMILES string of the molecule is Cl.NC1(C(=O)NCc2nncn2-c2ccccc2)CCCC1. The summed E-state index contributed by atoms with van der Waals surface area (Å²) in [6.07, 6.45) is 5.19. The number of rotatable bonds is 4. The third kappa shape index (κ3) is 3.28. The van der Waals surface area contributed by atoms with Crippen LogP contribution in [-0.2, 0) is 11.3 Å². The number of benzene rings is 1. The Kier molecular flexibility index (Phi) is 5.15. The molecule has 1 saturated carbocycles. The molecule has 22 heavy (non-hydrogen) atoms. The summed E-state index contributed by atoms with van der Waals surface area (Å²) >= 11 is 0. The lowest BCUT2D eigenvalue weighted by Gasteiger charge is -2.22. The zero-order chi connectivity index (χ0) is 14.7. The van der Waals surface area contributed by atoms with Gasteiger partial charge in [0.2, 0.25) is 5.91 Å². The molecule has 2 aromatic rings. The number of para-hydroxylation sites is 1. The monoisotopic (exact) mass is 321 g/mol. The quantitative estimate of drug-likeness (QED) is 0.895. The summed E-state index contributed by atoms with van der Waals surface area (Å²) in [6.45, 7) is 0.326. The van der Waals surface area contributed by atoms with E-state index in [1.165, 1.54) is 0 Å². The number of carbonyl (C=O) groups excluding carboxylic acids is 1.